The molecule has 0 aromatic heterocycles. The van der Waals surface area contributed by atoms with Gasteiger partial charge in [0.2, 0.25) is 17.7 Å². The first-order valence-electron chi connectivity index (χ1n) is 24.0. The summed E-state index contributed by atoms with van der Waals surface area (Å²) in [6.45, 7) is 10.1. The number of aliphatic hydroxyl groups is 1. The molecule has 3 amide bonds. The van der Waals surface area contributed by atoms with Gasteiger partial charge in [0.1, 0.15) is 6.04 Å². The third kappa shape index (κ3) is 9.63. The topological polar surface area (TPSA) is 102 Å². The number of rotatable bonds is 11. The molecule has 2 N–H and O–H groups in total. The molecule has 0 radical (unpaired) electrons. The normalized spacial score (nSPS) is 37.0. The first-order chi connectivity index (χ1) is 27.3. The molecule has 0 aromatic carbocycles. The predicted octanol–water partition coefficient (Wildman–Crippen LogP) is 7.26. The van der Waals surface area contributed by atoms with Crippen molar-refractivity contribution in [2.45, 2.75) is 179 Å². The van der Waals surface area contributed by atoms with E-state index in [4.69, 9.17) is 4.74 Å². The second-order valence-electron chi connectivity index (χ2n) is 20.0. The molecule has 4 aliphatic heterocycles. The Bertz CT molecular complexity index is 1360. The van der Waals surface area contributed by atoms with Gasteiger partial charge in [-0.25, -0.2) is 0 Å². The van der Waals surface area contributed by atoms with Crippen molar-refractivity contribution < 1.29 is 24.2 Å². The number of piperidine rings is 3. The van der Waals surface area contributed by atoms with Gasteiger partial charge in [-0.3, -0.25) is 19.7 Å². The summed E-state index contributed by atoms with van der Waals surface area (Å²) in [4.78, 5) is 44.7. The lowest BCUT2D eigenvalue weighted by atomic mass is 9.67. The van der Waals surface area contributed by atoms with Gasteiger partial charge >= 0.3 is 0 Å². The van der Waals surface area contributed by atoms with Gasteiger partial charge in [-0.15, -0.1) is 0 Å². The number of likely N-dealkylation sites (tertiary alicyclic amines) is 3. The first-order valence-corrected chi connectivity index (χ1v) is 24.0. The molecule has 9 heteroatoms. The molecule has 8 aliphatic rings. The Kier molecular flexibility index (Phi) is 13.9. The van der Waals surface area contributed by atoms with Gasteiger partial charge in [-0.05, 0) is 184 Å². The zero-order valence-electron chi connectivity index (χ0n) is 35.0. The van der Waals surface area contributed by atoms with Crippen LogP contribution < -0.4 is 5.32 Å². The Morgan fingerprint density at radius 1 is 0.732 bits per heavy atom. The number of carbonyl (C=O) groups excluding carboxylic acids is 3. The summed E-state index contributed by atoms with van der Waals surface area (Å²) < 4.78 is 6.55. The fourth-order valence-corrected chi connectivity index (χ4v) is 13.4. The fourth-order valence-electron chi connectivity index (χ4n) is 13.4. The Labute approximate surface area is 338 Å². The smallest absolute Gasteiger partial charge is 0.249 e. The standard InChI is InChI=1S/C47H76N4O5/c1-2-41(34-6-4-3-5-7-34)45(36-10-14-39(52)15-11-36)35-8-12-38(13-9-35)50-26-22-32(23-27-50)29-49-24-20-33(21-25-49)31-56-40-16-17-42-37(28-40)30-51(47(42)55)43-18-19-44(53)48-46(43)54/h32-40,42-43,52H,2-31H2,1H3,(H,48,53,54)/b45-41+. The number of hydrogen-bond donors (Lipinski definition) is 2. The first kappa shape index (κ1) is 40.9. The Morgan fingerprint density at radius 3 is 2.09 bits per heavy atom. The minimum Gasteiger partial charge on any atom is -0.393 e. The summed E-state index contributed by atoms with van der Waals surface area (Å²) >= 11 is 0. The fraction of sp³-hybridized carbons (Fsp3) is 0.894. The van der Waals surface area contributed by atoms with Gasteiger partial charge in [0.25, 0.3) is 0 Å². The van der Waals surface area contributed by atoms with Gasteiger partial charge in [0, 0.05) is 38.1 Å². The van der Waals surface area contributed by atoms with Gasteiger partial charge in [-0.1, -0.05) is 37.3 Å². The van der Waals surface area contributed by atoms with E-state index >= 15 is 0 Å². The van der Waals surface area contributed by atoms with Crippen molar-refractivity contribution >= 4 is 17.7 Å². The number of imide groups is 1. The van der Waals surface area contributed by atoms with E-state index in [1.807, 2.05) is 11.1 Å². The van der Waals surface area contributed by atoms with Crippen LogP contribution in [0, 0.1) is 41.4 Å². The molecule has 0 aromatic rings. The zero-order valence-corrected chi connectivity index (χ0v) is 35.0. The van der Waals surface area contributed by atoms with Crippen LogP contribution >= 0.6 is 0 Å². The average molecular weight is 777 g/mol. The lowest BCUT2D eigenvalue weighted by molar-refractivity contribution is -0.145. The van der Waals surface area contributed by atoms with E-state index in [9.17, 15) is 19.5 Å². The highest BCUT2D eigenvalue weighted by molar-refractivity contribution is 6.02. The van der Waals surface area contributed by atoms with Crippen LogP contribution in [0.15, 0.2) is 11.1 Å². The molecule has 4 heterocycles. The van der Waals surface area contributed by atoms with Crippen LogP contribution in [0.1, 0.15) is 155 Å². The molecule has 0 bridgehead atoms. The van der Waals surface area contributed by atoms with E-state index in [1.165, 1.54) is 135 Å². The lowest BCUT2D eigenvalue weighted by Gasteiger charge is -2.44. The van der Waals surface area contributed by atoms with E-state index in [1.54, 1.807) is 4.90 Å². The molecule has 4 saturated carbocycles. The summed E-state index contributed by atoms with van der Waals surface area (Å²) in [7, 11) is 0. The molecular weight excluding hydrogens is 701 g/mol. The van der Waals surface area contributed by atoms with E-state index in [2.05, 4.69) is 22.0 Å². The molecule has 4 atom stereocenters. The Balaban J connectivity index is 0.734. The SMILES string of the molecule is CC/C(=C(\C1CCC(O)CC1)C1CCC(N2CCC(CN3CCC(COC4CCC5C(=O)N(C6CCC(=O)NC6=O)CC5C4)CC3)CC2)CC1)C1CCCCC1. The number of amides is 3. The number of allylic oxidation sites excluding steroid dienone is 2. The van der Waals surface area contributed by atoms with Crippen molar-refractivity contribution in [3.05, 3.63) is 11.1 Å². The highest BCUT2D eigenvalue weighted by Crippen LogP contribution is 2.46. The molecule has 9 nitrogen and oxygen atoms in total. The average Bonchev–Trinajstić information content (AvgIpc) is 3.55. The van der Waals surface area contributed by atoms with E-state index in [0.29, 0.717) is 25.3 Å². The van der Waals surface area contributed by atoms with Gasteiger partial charge in [0.15, 0.2) is 0 Å². The van der Waals surface area contributed by atoms with Crippen LogP contribution in [0.25, 0.3) is 0 Å². The van der Waals surface area contributed by atoms with Crippen molar-refractivity contribution in [1.82, 2.24) is 20.0 Å². The van der Waals surface area contributed by atoms with Crippen molar-refractivity contribution in [1.29, 1.82) is 0 Å². The molecule has 314 valence electrons. The van der Waals surface area contributed by atoms with Crippen LogP contribution in [0.4, 0.5) is 0 Å². The Hall–Kier alpha value is -1.81. The van der Waals surface area contributed by atoms with Gasteiger partial charge < -0.3 is 24.5 Å². The number of aliphatic hydroxyl groups excluding tert-OH is 1. The largest absolute Gasteiger partial charge is 0.393 e. The lowest BCUT2D eigenvalue weighted by Crippen LogP contribution is -2.53. The van der Waals surface area contributed by atoms with Crippen LogP contribution in [0.5, 0.6) is 0 Å². The number of nitrogens with one attached hydrogen (secondary N) is 1. The quantitative estimate of drug-likeness (QED) is 0.168. The van der Waals surface area contributed by atoms with Gasteiger partial charge in [0.05, 0.1) is 12.2 Å². The van der Waals surface area contributed by atoms with Crippen molar-refractivity contribution in [3.63, 3.8) is 0 Å². The number of fused-ring (bicyclic) bond motifs is 1. The highest BCUT2D eigenvalue weighted by Gasteiger charge is 2.48. The second kappa shape index (κ2) is 19.1. The summed E-state index contributed by atoms with van der Waals surface area (Å²) in [5, 5.41) is 12.8. The number of nitrogens with zero attached hydrogens (tertiary/aromatic N) is 3. The molecule has 0 spiro atoms. The van der Waals surface area contributed by atoms with Crippen molar-refractivity contribution in [2.75, 3.05) is 45.9 Å². The number of carbonyl (C=O) groups is 3. The molecule has 4 saturated heterocycles. The maximum atomic E-state index is 13.2. The molecule has 4 aliphatic carbocycles. The van der Waals surface area contributed by atoms with Crippen LogP contribution in [0.2, 0.25) is 0 Å². The molecule has 8 fully saturated rings. The van der Waals surface area contributed by atoms with E-state index in [0.717, 1.165) is 68.4 Å². The summed E-state index contributed by atoms with van der Waals surface area (Å²) in [5.74, 6) is 3.66. The monoisotopic (exact) mass is 777 g/mol. The maximum absolute atomic E-state index is 13.2. The van der Waals surface area contributed by atoms with E-state index in [-0.39, 0.29) is 41.8 Å². The molecule has 4 unspecified atom stereocenters. The minimum atomic E-state index is -0.488. The third-order valence-electron chi connectivity index (χ3n) is 16.6. The van der Waals surface area contributed by atoms with Gasteiger partial charge in [-0.2, -0.15) is 0 Å². The zero-order chi connectivity index (χ0) is 38.6. The highest BCUT2D eigenvalue weighted by atomic mass is 16.5. The second-order valence-corrected chi connectivity index (χ2v) is 20.0. The van der Waals surface area contributed by atoms with Crippen LogP contribution in [-0.2, 0) is 19.1 Å². The minimum absolute atomic E-state index is 0.00835. The van der Waals surface area contributed by atoms with Crippen LogP contribution in [0.3, 0.4) is 0 Å². The van der Waals surface area contributed by atoms with Crippen LogP contribution in [-0.4, -0.2) is 108 Å². The molecule has 8 rings (SSSR count). The molecule has 56 heavy (non-hydrogen) atoms. The summed E-state index contributed by atoms with van der Waals surface area (Å²) in [5.41, 5.74) is 3.78. The number of ether oxygens (including phenoxy) is 1. The third-order valence-corrected chi connectivity index (χ3v) is 16.6. The predicted molar refractivity (Wildman–Crippen MR) is 220 cm³/mol. The number of hydrogen-bond acceptors (Lipinski definition) is 7. The summed E-state index contributed by atoms with van der Waals surface area (Å²) in [6, 6.07) is 0.295. The van der Waals surface area contributed by atoms with Crippen molar-refractivity contribution in [2.24, 2.45) is 41.4 Å². The molecular formula is C47H76N4O5. The maximum Gasteiger partial charge on any atom is 0.249 e. The van der Waals surface area contributed by atoms with Crippen molar-refractivity contribution in [3.8, 4) is 0 Å². The van der Waals surface area contributed by atoms with E-state index < -0.39 is 6.04 Å². The Morgan fingerprint density at radius 2 is 1.41 bits per heavy atom. The summed E-state index contributed by atoms with van der Waals surface area (Å²) in [6.07, 6.45) is 27.1.